The number of para-hydroxylation sites is 1. The van der Waals surface area contributed by atoms with Crippen LogP contribution in [0.3, 0.4) is 0 Å². The third kappa shape index (κ3) is 1.40. The van der Waals surface area contributed by atoms with Crippen LogP contribution in [0.4, 0.5) is 0 Å². The predicted octanol–water partition coefficient (Wildman–Crippen LogP) is 3.12. The summed E-state index contributed by atoms with van der Waals surface area (Å²) in [6.45, 7) is 0. The molecule has 0 fully saturated rings. The molecule has 0 amide bonds. The number of fused-ring (bicyclic) bond motifs is 3. The minimum atomic E-state index is 0.801. The van der Waals surface area contributed by atoms with Gasteiger partial charge in [0.15, 0.2) is 5.82 Å². The zero-order valence-electron chi connectivity index (χ0n) is 10.5. The number of rotatable bonds is 1. The Morgan fingerprint density at radius 3 is 2.79 bits per heavy atom. The van der Waals surface area contributed by atoms with Gasteiger partial charge in [-0.25, -0.2) is 4.98 Å². The number of aryl methyl sites for hydroxylation is 1. The quantitative estimate of drug-likeness (QED) is 0.562. The van der Waals surface area contributed by atoms with Crippen molar-refractivity contribution in [2.45, 2.75) is 0 Å². The number of imidazole rings is 1. The molecule has 1 N–H and O–H groups in total. The number of benzene rings is 1. The van der Waals surface area contributed by atoms with Gasteiger partial charge in [-0.2, -0.15) is 0 Å². The lowest BCUT2D eigenvalue weighted by Gasteiger charge is -1.99. The number of hydrogen-bond acceptors (Lipinski definition) is 2. The molecule has 0 unspecified atom stereocenters. The Kier molecular flexibility index (Phi) is 2.00. The molecule has 4 nitrogen and oxygen atoms in total. The van der Waals surface area contributed by atoms with E-state index in [0.29, 0.717) is 0 Å². The van der Waals surface area contributed by atoms with E-state index in [1.54, 1.807) is 6.20 Å². The molecular weight excluding hydrogens is 236 g/mol. The van der Waals surface area contributed by atoms with Crippen LogP contribution in [0.5, 0.6) is 0 Å². The number of hydrogen-bond donors (Lipinski definition) is 1. The fraction of sp³-hybridized carbons (Fsp3) is 0.0667. The largest absolute Gasteiger partial charge is 0.343 e. The first-order chi connectivity index (χ1) is 9.34. The topological polar surface area (TPSA) is 46.5 Å². The minimum Gasteiger partial charge on any atom is -0.343 e. The second-order valence-corrected chi connectivity index (χ2v) is 4.60. The highest BCUT2D eigenvalue weighted by molar-refractivity contribution is 6.08. The number of nitrogens with zero attached hydrogens (tertiary/aromatic N) is 3. The third-order valence-electron chi connectivity index (χ3n) is 3.54. The van der Waals surface area contributed by atoms with Gasteiger partial charge in [0, 0.05) is 35.7 Å². The van der Waals surface area contributed by atoms with Crippen molar-refractivity contribution in [2.24, 2.45) is 7.05 Å². The van der Waals surface area contributed by atoms with Gasteiger partial charge >= 0.3 is 0 Å². The van der Waals surface area contributed by atoms with Crippen molar-refractivity contribution in [2.75, 3.05) is 0 Å². The van der Waals surface area contributed by atoms with Gasteiger partial charge in [-0.1, -0.05) is 18.2 Å². The Morgan fingerprint density at radius 1 is 1.05 bits per heavy atom. The second kappa shape index (κ2) is 3.68. The molecule has 0 spiro atoms. The molecule has 0 saturated heterocycles. The summed E-state index contributed by atoms with van der Waals surface area (Å²) in [5.74, 6) is 0.801. The SMILES string of the molecule is Cn1c2ccccc2c2cc(-c3ncc[nH]3)ncc21. The molecule has 0 aliphatic rings. The number of nitrogens with one attached hydrogen (secondary N) is 1. The van der Waals surface area contributed by atoms with Gasteiger partial charge in [0.1, 0.15) is 5.69 Å². The summed E-state index contributed by atoms with van der Waals surface area (Å²) in [6.07, 6.45) is 5.46. The van der Waals surface area contributed by atoms with Gasteiger partial charge in [0.25, 0.3) is 0 Å². The van der Waals surface area contributed by atoms with Crippen molar-refractivity contribution in [3.8, 4) is 11.5 Å². The monoisotopic (exact) mass is 248 g/mol. The molecular formula is C15H12N4. The lowest BCUT2D eigenvalue weighted by Crippen LogP contribution is -1.89. The molecule has 4 heteroatoms. The van der Waals surface area contributed by atoms with Gasteiger partial charge in [0.05, 0.1) is 11.7 Å². The van der Waals surface area contributed by atoms with Gasteiger partial charge in [-0.15, -0.1) is 0 Å². The Bertz CT molecular complexity index is 872. The summed E-state index contributed by atoms with van der Waals surface area (Å²) < 4.78 is 2.17. The van der Waals surface area contributed by atoms with Crippen molar-refractivity contribution in [3.63, 3.8) is 0 Å². The van der Waals surface area contributed by atoms with Crippen LogP contribution in [0.2, 0.25) is 0 Å². The fourth-order valence-electron chi connectivity index (χ4n) is 2.59. The highest BCUT2D eigenvalue weighted by Gasteiger charge is 2.10. The van der Waals surface area contributed by atoms with E-state index in [9.17, 15) is 0 Å². The maximum absolute atomic E-state index is 4.49. The first kappa shape index (κ1) is 10.3. The van der Waals surface area contributed by atoms with Crippen LogP contribution in [-0.2, 0) is 7.05 Å². The second-order valence-electron chi connectivity index (χ2n) is 4.60. The zero-order chi connectivity index (χ0) is 12.8. The Morgan fingerprint density at radius 2 is 1.95 bits per heavy atom. The van der Waals surface area contributed by atoms with Crippen LogP contribution < -0.4 is 0 Å². The van der Waals surface area contributed by atoms with Crippen LogP contribution in [0.25, 0.3) is 33.3 Å². The van der Waals surface area contributed by atoms with Crippen LogP contribution in [0.15, 0.2) is 48.9 Å². The van der Waals surface area contributed by atoms with E-state index in [2.05, 4.69) is 56.9 Å². The number of H-pyrrole nitrogens is 1. The molecule has 0 saturated carbocycles. The smallest absolute Gasteiger partial charge is 0.155 e. The standard InChI is InChI=1S/C15H12N4/c1-19-13-5-3-2-4-10(13)11-8-12(18-9-14(11)19)15-16-6-7-17-15/h2-9H,1H3,(H,16,17). The van der Waals surface area contributed by atoms with E-state index >= 15 is 0 Å². The molecule has 3 heterocycles. The highest BCUT2D eigenvalue weighted by Crippen LogP contribution is 2.29. The van der Waals surface area contributed by atoms with Crippen LogP contribution >= 0.6 is 0 Å². The maximum atomic E-state index is 4.49. The lowest BCUT2D eigenvalue weighted by atomic mass is 10.1. The first-order valence-corrected chi connectivity index (χ1v) is 6.17. The molecule has 92 valence electrons. The normalized spacial score (nSPS) is 11.4. The zero-order valence-corrected chi connectivity index (χ0v) is 10.5. The van der Waals surface area contributed by atoms with Crippen LogP contribution in [0.1, 0.15) is 0 Å². The van der Waals surface area contributed by atoms with Gasteiger partial charge < -0.3 is 9.55 Å². The van der Waals surface area contributed by atoms with E-state index in [1.807, 2.05) is 12.4 Å². The Balaban J connectivity index is 2.11. The van der Waals surface area contributed by atoms with Crippen molar-refractivity contribution in [1.29, 1.82) is 0 Å². The summed E-state index contributed by atoms with van der Waals surface area (Å²) in [5, 5.41) is 2.45. The van der Waals surface area contributed by atoms with Gasteiger partial charge in [-0.05, 0) is 12.1 Å². The van der Waals surface area contributed by atoms with Crippen LogP contribution in [0, 0.1) is 0 Å². The lowest BCUT2D eigenvalue weighted by molar-refractivity contribution is 1.01. The van der Waals surface area contributed by atoms with Crippen molar-refractivity contribution in [1.82, 2.24) is 19.5 Å². The average Bonchev–Trinajstić information content (AvgIpc) is 3.08. The number of aromatic amines is 1. The van der Waals surface area contributed by atoms with E-state index in [0.717, 1.165) is 17.0 Å². The first-order valence-electron chi connectivity index (χ1n) is 6.17. The van der Waals surface area contributed by atoms with E-state index < -0.39 is 0 Å². The summed E-state index contributed by atoms with van der Waals surface area (Å²) in [7, 11) is 2.07. The molecule has 1 aromatic carbocycles. The molecule has 19 heavy (non-hydrogen) atoms. The molecule has 0 atom stereocenters. The molecule has 0 aliphatic carbocycles. The highest BCUT2D eigenvalue weighted by atomic mass is 15.0. The molecule has 3 aromatic heterocycles. The van der Waals surface area contributed by atoms with Crippen molar-refractivity contribution in [3.05, 3.63) is 48.9 Å². The number of pyridine rings is 1. The summed E-state index contributed by atoms with van der Waals surface area (Å²) in [5.41, 5.74) is 3.22. The minimum absolute atomic E-state index is 0.801. The molecule has 0 bridgehead atoms. The summed E-state index contributed by atoms with van der Waals surface area (Å²) >= 11 is 0. The van der Waals surface area contributed by atoms with Gasteiger partial charge in [0.2, 0.25) is 0 Å². The maximum Gasteiger partial charge on any atom is 0.155 e. The van der Waals surface area contributed by atoms with Crippen LogP contribution in [-0.4, -0.2) is 19.5 Å². The molecule has 0 radical (unpaired) electrons. The van der Waals surface area contributed by atoms with Crippen molar-refractivity contribution >= 4 is 21.8 Å². The summed E-state index contributed by atoms with van der Waals surface area (Å²) in [4.78, 5) is 11.8. The molecule has 0 aliphatic heterocycles. The van der Waals surface area contributed by atoms with E-state index in [1.165, 1.54) is 16.3 Å². The van der Waals surface area contributed by atoms with E-state index in [-0.39, 0.29) is 0 Å². The Labute approximate surface area is 109 Å². The average molecular weight is 248 g/mol. The van der Waals surface area contributed by atoms with Crippen molar-refractivity contribution < 1.29 is 0 Å². The van der Waals surface area contributed by atoms with Gasteiger partial charge in [-0.3, -0.25) is 4.98 Å². The predicted molar refractivity (Wildman–Crippen MR) is 75.8 cm³/mol. The number of aromatic nitrogens is 4. The fourth-order valence-corrected chi connectivity index (χ4v) is 2.59. The van der Waals surface area contributed by atoms with E-state index in [4.69, 9.17) is 0 Å². The summed E-state index contributed by atoms with van der Waals surface area (Å²) in [6, 6.07) is 10.5. The Hall–Kier alpha value is -2.62. The molecule has 4 rings (SSSR count). The molecule has 4 aromatic rings. The third-order valence-corrected chi connectivity index (χ3v) is 3.54.